The number of likely N-dealkylation sites (tertiary alicyclic amines) is 1. The number of carbonyl (C=O) groups excluding carboxylic acids is 1. The predicted octanol–water partition coefficient (Wildman–Crippen LogP) is 1.54. The van der Waals surface area contributed by atoms with E-state index in [1.807, 2.05) is 12.4 Å². The Labute approximate surface area is 137 Å². The fourth-order valence-corrected chi connectivity index (χ4v) is 3.96. The normalized spacial score (nSPS) is 34.0. The van der Waals surface area contributed by atoms with E-state index in [4.69, 9.17) is 4.74 Å². The van der Waals surface area contributed by atoms with Crippen LogP contribution in [-0.4, -0.2) is 59.1 Å². The highest BCUT2D eigenvalue weighted by molar-refractivity contribution is 5.81. The van der Waals surface area contributed by atoms with Crippen LogP contribution < -0.4 is 0 Å². The van der Waals surface area contributed by atoms with E-state index in [-0.39, 0.29) is 12.0 Å². The third-order valence-electron chi connectivity index (χ3n) is 5.57. The van der Waals surface area contributed by atoms with E-state index in [1.54, 1.807) is 0 Å². The summed E-state index contributed by atoms with van der Waals surface area (Å²) in [6, 6.07) is 4.47. The number of ether oxygens (including phenoxy) is 1. The highest BCUT2D eigenvalue weighted by Gasteiger charge is 2.45. The Balaban J connectivity index is 1.44. The lowest BCUT2D eigenvalue weighted by Crippen LogP contribution is -2.60. The van der Waals surface area contributed by atoms with Crippen molar-refractivity contribution < 1.29 is 9.53 Å². The molecule has 0 bridgehead atoms. The van der Waals surface area contributed by atoms with Gasteiger partial charge in [0, 0.05) is 44.5 Å². The first-order chi connectivity index (χ1) is 11.2. The molecule has 1 aromatic rings. The van der Waals surface area contributed by atoms with E-state index in [0.717, 1.165) is 45.6 Å². The fraction of sp³-hybridized carbons (Fsp3) is 0.667. The van der Waals surface area contributed by atoms with E-state index in [2.05, 4.69) is 33.8 Å². The maximum Gasteiger partial charge on any atom is 0.226 e. The van der Waals surface area contributed by atoms with Gasteiger partial charge in [-0.1, -0.05) is 6.92 Å². The molecule has 0 radical (unpaired) electrons. The summed E-state index contributed by atoms with van der Waals surface area (Å²) >= 11 is 0. The molecular formula is C18H25N3O2. The minimum absolute atomic E-state index is 0.270. The molecule has 2 saturated heterocycles. The van der Waals surface area contributed by atoms with E-state index in [9.17, 15) is 4.79 Å². The van der Waals surface area contributed by atoms with Crippen molar-refractivity contribution >= 4 is 5.91 Å². The lowest BCUT2D eigenvalue weighted by Gasteiger charge is -2.47. The fourth-order valence-electron chi connectivity index (χ4n) is 3.96. The number of hydrogen-bond donors (Lipinski definition) is 0. The molecular weight excluding hydrogens is 290 g/mol. The van der Waals surface area contributed by atoms with Gasteiger partial charge >= 0.3 is 0 Å². The molecule has 0 N–H and O–H groups in total. The zero-order chi connectivity index (χ0) is 15.8. The summed E-state index contributed by atoms with van der Waals surface area (Å²) < 4.78 is 5.98. The number of piperidine rings is 1. The number of pyridine rings is 1. The number of nitrogens with zero attached hydrogens (tertiary/aromatic N) is 3. The van der Waals surface area contributed by atoms with Crippen molar-refractivity contribution in [3.8, 4) is 0 Å². The number of morpholine rings is 1. The van der Waals surface area contributed by atoms with Gasteiger partial charge in [-0.2, -0.15) is 0 Å². The van der Waals surface area contributed by atoms with Gasteiger partial charge in [-0.3, -0.25) is 14.7 Å². The largest absolute Gasteiger partial charge is 0.375 e. The summed E-state index contributed by atoms with van der Waals surface area (Å²) in [5.74, 6) is 1.23. The Morgan fingerprint density at radius 1 is 1.35 bits per heavy atom. The Bertz CT molecular complexity index is 565. The van der Waals surface area contributed by atoms with Gasteiger partial charge in [0.05, 0.1) is 18.8 Å². The molecule has 5 heteroatoms. The van der Waals surface area contributed by atoms with Crippen LogP contribution in [0.25, 0.3) is 0 Å². The van der Waals surface area contributed by atoms with Crippen molar-refractivity contribution in [2.75, 3.05) is 26.2 Å². The summed E-state index contributed by atoms with van der Waals surface area (Å²) in [7, 11) is 0. The maximum absolute atomic E-state index is 12.6. The Hall–Kier alpha value is -1.46. The molecule has 0 spiro atoms. The molecule has 1 aliphatic carbocycles. The molecule has 124 valence electrons. The number of aromatic nitrogens is 1. The van der Waals surface area contributed by atoms with Gasteiger partial charge in [-0.05, 0) is 36.5 Å². The van der Waals surface area contributed by atoms with E-state index in [0.29, 0.717) is 17.9 Å². The average Bonchev–Trinajstić information content (AvgIpc) is 3.32. The van der Waals surface area contributed by atoms with Crippen molar-refractivity contribution in [1.29, 1.82) is 0 Å². The standard InChI is InChI=1S/C18H25N3O2/c1-13-10-15(13)18(22)21-7-4-17-16(12-21)20(8-9-23-17)11-14-2-5-19-6-3-14/h2-3,5-6,13,15-17H,4,7-12H2,1H3/t13?,15?,16-,17-/m0/s1. The molecule has 1 amide bonds. The van der Waals surface area contributed by atoms with Gasteiger partial charge in [0.1, 0.15) is 0 Å². The maximum atomic E-state index is 12.6. The van der Waals surface area contributed by atoms with Crippen LogP contribution in [0.3, 0.4) is 0 Å². The second-order valence-electron chi connectivity index (χ2n) is 7.19. The number of hydrogen-bond acceptors (Lipinski definition) is 4. The Kier molecular flexibility index (Phi) is 4.07. The van der Waals surface area contributed by atoms with Crippen LogP contribution in [0.1, 0.15) is 25.3 Å². The molecule has 3 aliphatic rings. The molecule has 4 rings (SSSR count). The minimum Gasteiger partial charge on any atom is -0.375 e. The van der Waals surface area contributed by atoms with Gasteiger partial charge in [0.15, 0.2) is 0 Å². The molecule has 2 unspecified atom stereocenters. The number of carbonyl (C=O) groups is 1. The average molecular weight is 315 g/mol. The molecule has 1 saturated carbocycles. The zero-order valence-electron chi connectivity index (χ0n) is 13.7. The van der Waals surface area contributed by atoms with Crippen LogP contribution in [0.15, 0.2) is 24.5 Å². The SMILES string of the molecule is CC1CC1C(=O)N1CC[C@@H]2OCCN(Cc3ccncc3)[C@H]2C1. The Morgan fingerprint density at radius 3 is 2.87 bits per heavy atom. The summed E-state index contributed by atoms with van der Waals surface area (Å²) in [6.07, 6.45) is 5.99. The molecule has 3 heterocycles. The van der Waals surface area contributed by atoms with Crippen LogP contribution in [0.2, 0.25) is 0 Å². The summed E-state index contributed by atoms with van der Waals surface area (Å²) in [5.41, 5.74) is 1.28. The quantitative estimate of drug-likeness (QED) is 0.849. The number of rotatable bonds is 3. The summed E-state index contributed by atoms with van der Waals surface area (Å²) in [6.45, 7) is 6.49. The van der Waals surface area contributed by atoms with Crippen LogP contribution in [0.4, 0.5) is 0 Å². The summed E-state index contributed by atoms with van der Waals surface area (Å²) in [5, 5.41) is 0. The zero-order valence-corrected chi connectivity index (χ0v) is 13.7. The van der Waals surface area contributed by atoms with E-state index in [1.165, 1.54) is 5.56 Å². The second kappa shape index (κ2) is 6.21. The first-order valence-electron chi connectivity index (χ1n) is 8.75. The lowest BCUT2D eigenvalue weighted by atomic mass is 9.97. The molecule has 5 nitrogen and oxygen atoms in total. The third-order valence-corrected chi connectivity index (χ3v) is 5.57. The number of fused-ring (bicyclic) bond motifs is 1. The molecule has 2 aliphatic heterocycles. The minimum atomic E-state index is 0.270. The molecule has 3 fully saturated rings. The smallest absolute Gasteiger partial charge is 0.226 e. The van der Waals surface area contributed by atoms with Crippen molar-refractivity contribution in [1.82, 2.24) is 14.8 Å². The highest BCUT2D eigenvalue weighted by Crippen LogP contribution is 2.40. The van der Waals surface area contributed by atoms with Gasteiger partial charge in [0.25, 0.3) is 0 Å². The van der Waals surface area contributed by atoms with Crippen molar-refractivity contribution in [2.45, 2.75) is 38.5 Å². The predicted molar refractivity (Wildman–Crippen MR) is 86.6 cm³/mol. The van der Waals surface area contributed by atoms with Gasteiger partial charge in [-0.25, -0.2) is 0 Å². The van der Waals surface area contributed by atoms with Gasteiger partial charge < -0.3 is 9.64 Å². The molecule has 0 aromatic carbocycles. The summed E-state index contributed by atoms with van der Waals surface area (Å²) in [4.78, 5) is 21.2. The van der Waals surface area contributed by atoms with Crippen molar-refractivity contribution in [3.05, 3.63) is 30.1 Å². The van der Waals surface area contributed by atoms with E-state index >= 15 is 0 Å². The van der Waals surface area contributed by atoms with Crippen molar-refractivity contribution in [3.63, 3.8) is 0 Å². The van der Waals surface area contributed by atoms with Crippen LogP contribution in [0, 0.1) is 11.8 Å². The lowest BCUT2D eigenvalue weighted by molar-refractivity contribution is -0.145. The molecule has 23 heavy (non-hydrogen) atoms. The monoisotopic (exact) mass is 315 g/mol. The van der Waals surface area contributed by atoms with E-state index < -0.39 is 0 Å². The van der Waals surface area contributed by atoms with Gasteiger partial charge in [0.2, 0.25) is 5.91 Å². The first-order valence-corrected chi connectivity index (χ1v) is 8.75. The second-order valence-corrected chi connectivity index (χ2v) is 7.19. The van der Waals surface area contributed by atoms with Gasteiger partial charge in [-0.15, -0.1) is 0 Å². The topological polar surface area (TPSA) is 45.7 Å². The Morgan fingerprint density at radius 2 is 2.13 bits per heavy atom. The van der Waals surface area contributed by atoms with Crippen LogP contribution in [-0.2, 0) is 16.1 Å². The van der Waals surface area contributed by atoms with Crippen molar-refractivity contribution in [2.24, 2.45) is 11.8 Å². The van der Waals surface area contributed by atoms with Crippen LogP contribution in [0.5, 0.6) is 0 Å². The highest BCUT2D eigenvalue weighted by atomic mass is 16.5. The molecule has 4 atom stereocenters. The van der Waals surface area contributed by atoms with Crippen LogP contribution >= 0.6 is 0 Å². The molecule has 1 aromatic heterocycles. The third kappa shape index (κ3) is 3.12. The first kappa shape index (κ1) is 15.1. The number of amides is 1.